The number of ether oxygens (including phenoxy) is 1. The highest BCUT2D eigenvalue weighted by Crippen LogP contribution is 2.41. The van der Waals surface area contributed by atoms with Crippen molar-refractivity contribution in [1.82, 2.24) is 19.7 Å². The first-order valence-corrected chi connectivity index (χ1v) is 10.8. The largest absolute Gasteiger partial charge is 0.495 e. The minimum Gasteiger partial charge on any atom is -0.495 e. The van der Waals surface area contributed by atoms with Gasteiger partial charge in [0.05, 0.1) is 42.6 Å². The SMILES string of the molecule is COc1cc(/C=C2/C(=O)N(C(C)c3ccc(F)cc3)c3nnccc32)ccc1-n1cnc(C)c1. The van der Waals surface area contributed by atoms with Crippen molar-refractivity contribution in [3.8, 4) is 11.4 Å². The fraction of sp³-hybridized carbons (Fsp3) is 0.154. The third-order valence-electron chi connectivity index (χ3n) is 5.91. The van der Waals surface area contributed by atoms with Gasteiger partial charge < -0.3 is 9.30 Å². The van der Waals surface area contributed by atoms with Crippen molar-refractivity contribution >= 4 is 23.4 Å². The van der Waals surface area contributed by atoms with Crippen LogP contribution < -0.4 is 9.64 Å². The Labute approximate surface area is 196 Å². The molecule has 2 aromatic heterocycles. The number of hydrogen-bond donors (Lipinski definition) is 0. The van der Waals surface area contributed by atoms with Gasteiger partial charge in [0.1, 0.15) is 11.6 Å². The van der Waals surface area contributed by atoms with Crippen molar-refractivity contribution < 1.29 is 13.9 Å². The molecule has 34 heavy (non-hydrogen) atoms. The molecule has 5 rings (SSSR count). The molecule has 7 nitrogen and oxygen atoms in total. The molecular formula is C26H22FN5O2. The Kier molecular flexibility index (Phi) is 5.41. The second kappa shape index (κ2) is 8.55. The van der Waals surface area contributed by atoms with Crippen LogP contribution in [0.1, 0.15) is 35.3 Å². The molecule has 0 aliphatic carbocycles. The molecule has 0 N–H and O–H groups in total. The van der Waals surface area contributed by atoms with Crippen LogP contribution in [0.4, 0.5) is 10.2 Å². The van der Waals surface area contributed by atoms with Crippen molar-refractivity contribution in [2.45, 2.75) is 19.9 Å². The summed E-state index contributed by atoms with van der Waals surface area (Å²) in [5, 5.41) is 8.23. The summed E-state index contributed by atoms with van der Waals surface area (Å²) in [6.07, 6.45) is 7.04. The highest BCUT2D eigenvalue weighted by atomic mass is 19.1. The molecule has 4 aromatic rings. The lowest BCUT2D eigenvalue weighted by molar-refractivity contribution is -0.113. The van der Waals surface area contributed by atoms with Crippen LogP contribution >= 0.6 is 0 Å². The molecule has 1 aliphatic heterocycles. The number of halogens is 1. The van der Waals surface area contributed by atoms with Crippen molar-refractivity contribution in [2.75, 3.05) is 12.0 Å². The normalized spacial score (nSPS) is 15.0. The molecule has 0 spiro atoms. The number of aryl methyl sites for hydroxylation is 1. The lowest BCUT2D eigenvalue weighted by atomic mass is 10.0. The maximum Gasteiger partial charge on any atom is 0.260 e. The number of rotatable bonds is 5. The first-order chi connectivity index (χ1) is 16.5. The zero-order valence-corrected chi connectivity index (χ0v) is 18.9. The number of anilines is 1. The van der Waals surface area contributed by atoms with Crippen LogP contribution in [-0.4, -0.2) is 32.8 Å². The number of carbonyl (C=O) groups is 1. The van der Waals surface area contributed by atoms with E-state index in [9.17, 15) is 9.18 Å². The fourth-order valence-electron chi connectivity index (χ4n) is 4.16. The summed E-state index contributed by atoms with van der Waals surface area (Å²) in [7, 11) is 1.61. The molecule has 0 fully saturated rings. The first-order valence-electron chi connectivity index (χ1n) is 10.8. The van der Waals surface area contributed by atoms with E-state index >= 15 is 0 Å². The number of nitrogens with zero attached hydrogens (tertiary/aromatic N) is 5. The summed E-state index contributed by atoms with van der Waals surface area (Å²) < 4.78 is 20.9. The summed E-state index contributed by atoms with van der Waals surface area (Å²) >= 11 is 0. The highest BCUT2D eigenvalue weighted by molar-refractivity contribution is 6.35. The molecule has 1 atom stereocenters. The molecule has 0 radical (unpaired) electrons. The summed E-state index contributed by atoms with van der Waals surface area (Å²) in [6, 6.07) is 13.3. The van der Waals surface area contributed by atoms with E-state index in [0.717, 1.165) is 22.5 Å². The topological polar surface area (TPSA) is 73.1 Å². The van der Waals surface area contributed by atoms with E-state index in [-0.39, 0.29) is 17.8 Å². The standard InChI is InChI=1S/C26H22FN5O2/c1-16-14-31(15-28-16)23-9-4-18(13-24(23)34-3)12-22-21-10-11-29-30-25(21)32(26(22)33)17(2)19-5-7-20(27)8-6-19/h4-15,17H,1-3H3/b22-12+. The number of carbonyl (C=O) groups excluding carboxylic acids is 1. The van der Waals surface area contributed by atoms with Gasteiger partial charge in [-0.2, -0.15) is 5.10 Å². The second-order valence-corrected chi connectivity index (χ2v) is 8.08. The van der Waals surface area contributed by atoms with Gasteiger partial charge >= 0.3 is 0 Å². The molecule has 8 heteroatoms. The summed E-state index contributed by atoms with van der Waals surface area (Å²) in [5.41, 5.74) is 4.56. The smallest absolute Gasteiger partial charge is 0.260 e. The molecule has 1 aliphatic rings. The predicted octanol–water partition coefficient (Wildman–Crippen LogP) is 4.77. The number of amides is 1. The average Bonchev–Trinajstić information content (AvgIpc) is 3.40. The van der Waals surface area contributed by atoms with Crippen LogP contribution in [0, 0.1) is 12.7 Å². The number of fused-ring (bicyclic) bond motifs is 1. The molecule has 0 saturated carbocycles. The second-order valence-electron chi connectivity index (χ2n) is 8.08. The molecule has 0 bridgehead atoms. The quantitative estimate of drug-likeness (QED) is 0.406. The highest BCUT2D eigenvalue weighted by Gasteiger charge is 2.37. The maximum atomic E-state index is 13.6. The Balaban J connectivity index is 1.54. The minimum absolute atomic E-state index is 0.194. The fourth-order valence-corrected chi connectivity index (χ4v) is 4.16. The van der Waals surface area contributed by atoms with Gasteiger partial charge in [-0.15, -0.1) is 5.10 Å². The lowest BCUT2D eigenvalue weighted by Gasteiger charge is -2.24. The number of hydrogen-bond acceptors (Lipinski definition) is 5. The third kappa shape index (κ3) is 3.73. The van der Waals surface area contributed by atoms with Gasteiger partial charge in [0.2, 0.25) is 0 Å². The van der Waals surface area contributed by atoms with E-state index in [2.05, 4.69) is 15.2 Å². The summed E-state index contributed by atoms with van der Waals surface area (Å²) in [6.45, 7) is 3.81. The van der Waals surface area contributed by atoms with Crippen molar-refractivity contribution in [1.29, 1.82) is 0 Å². The van der Waals surface area contributed by atoms with Crippen molar-refractivity contribution in [2.24, 2.45) is 0 Å². The zero-order chi connectivity index (χ0) is 23.8. The van der Waals surface area contributed by atoms with Crippen LogP contribution in [0.3, 0.4) is 0 Å². The van der Waals surface area contributed by atoms with Crippen molar-refractivity contribution in [3.63, 3.8) is 0 Å². The monoisotopic (exact) mass is 455 g/mol. The average molecular weight is 455 g/mol. The van der Waals surface area contributed by atoms with Crippen LogP contribution in [0.5, 0.6) is 5.75 Å². The number of methoxy groups -OCH3 is 1. The van der Waals surface area contributed by atoms with Gasteiger partial charge in [-0.05, 0) is 61.4 Å². The molecular weight excluding hydrogens is 433 g/mol. The molecule has 2 aromatic carbocycles. The summed E-state index contributed by atoms with van der Waals surface area (Å²) in [4.78, 5) is 19.4. The number of aromatic nitrogens is 4. The van der Waals surface area contributed by atoms with Gasteiger partial charge in [0.15, 0.2) is 5.82 Å². The number of benzene rings is 2. The van der Waals surface area contributed by atoms with Gasteiger partial charge in [-0.1, -0.05) is 18.2 Å². The Morgan fingerprint density at radius 2 is 1.91 bits per heavy atom. The van der Waals surface area contributed by atoms with E-state index in [1.54, 1.807) is 42.7 Å². The van der Waals surface area contributed by atoms with Crippen LogP contribution in [0.25, 0.3) is 17.3 Å². The Bertz CT molecular complexity index is 1410. The molecule has 0 saturated heterocycles. The molecule has 1 unspecified atom stereocenters. The van der Waals surface area contributed by atoms with E-state index in [1.165, 1.54) is 12.1 Å². The molecule has 1 amide bonds. The Morgan fingerprint density at radius 3 is 2.62 bits per heavy atom. The van der Waals surface area contributed by atoms with E-state index < -0.39 is 0 Å². The predicted molar refractivity (Wildman–Crippen MR) is 127 cm³/mol. The zero-order valence-electron chi connectivity index (χ0n) is 18.9. The molecule has 3 heterocycles. The third-order valence-corrected chi connectivity index (χ3v) is 5.91. The van der Waals surface area contributed by atoms with Crippen LogP contribution in [0.15, 0.2) is 67.3 Å². The van der Waals surface area contributed by atoms with Gasteiger partial charge in [-0.3, -0.25) is 9.69 Å². The van der Waals surface area contributed by atoms with Crippen LogP contribution in [-0.2, 0) is 4.79 Å². The van der Waals surface area contributed by atoms with Gasteiger partial charge in [-0.25, -0.2) is 9.37 Å². The minimum atomic E-state index is -0.351. The van der Waals surface area contributed by atoms with E-state index in [0.29, 0.717) is 22.7 Å². The van der Waals surface area contributed by atoms with E-state index in [4.69, 9.17) is 4.74 Å². The van der Waals surface area contributed by atoms with Gasteiger partial charge in [0, 0.05) is 11.8 Å². The van der Waals surface area contributed by atoms with Crippen molar-refractivity contribution in [3.05, 3.63) is 95.5 Å². The maximum absolute atomic E-state index is 13.6. The molecule has 170 valence electrons. The van der Waals surface area contributed by atoms with Crippen LogP contribution in [0.2, 0.25) is 0 Å². The Morgan fingerprint density at radius 1 is 1.12 bits per heavy atom. The first kappa shape index (κ1) is 21.5. The van der Waals surface area contributed by atoms with Gasteiger partial charge in [0.25, 0.3) is 5.91 Å². The van der Waals surface area contributed by atoms with E-state index in [1.807, 2.05) is 48.9 Å². The summed E-state index contributed by atoms with van der Waals surface area (Å²) in [5.74, 6) is 0.614. The Hall–Kier alpha value is -4.33. The lowest BCUT2D eigenvalue weighted by Crippen LogP contribution is -2.30. The number of imidazole rings is 1.